The zero-order valence-electron chi connectivity index (χ0n) is 11.1. The van der Waals surface area contributed by atoms with Gasteiger partial charge in [-0.2, -0.15) is 0 Å². The van der Waals surface area contributed by atoms with E-state index < -0.39 is 0 Å². The van der Waals surface area contributed by atoms with Crippen molar-refractivity contribution in [2.24, 2.45) is 0 Å². The van der Waals surface area contributed by atoms with E-state index in [1.807, 2.05) is 19.2 Å². The smallest absolute Gasteiger partial charge is 0.123 e. The van der Waals surface area contributed by atoms with Crippen molar-refractivity contribution in [3.05, 3.63) is 71.0 Å². The van der Waals surface area contributed by atoms with Crippen molar-refractivity contribution in [3.8, 4) is 0 Å². The Morgan fingerprint density at radius 1 is 1.16 bits per heavy atom. The number of rotatable bonds is 4. The maximum atomic E-state index is 13.0. The number of fused-ring (bicyclic) bond motifs is 1. The standard InChI is InChI=1S/C17H18FN/c1-19-17(12-6-8-15(18)9-7-12)11-14-10-13-4-2-3-5-16(13)14/h2-9,14,17,19H,10-11H2,1H3. The molecule has 0 spiro atoms. The molecule has 1 N–H and O–H groups in total. The number of benzene rings is 2. The molecule has 1 nitrogen and oxygen atoms in total. The van der Waals surface area contributed by atoms with Crippen LogP contribution in [0.3, 0.4) is 0 Å². The zero-order valence-corrected chi connectivity index (χ0v) is 11.1. The van der Waals surface area contributed by atoms with Gasteiger partial charge >= 0.3 is 0 Å². The summed E-state index contributed by atoms with van der Waals surface area (Å²) in [4.78, 5) is 0. The molecule has 0 aromatic heterocycles. The van der Waals surface area contributed by atoms with E-state index in [9.17, 15) is 4.39 Å². The molecule has 0 bridgehead atoms. The SMILES string of the molecule is CNC(CC1Cc2ccccc21)c1ccc(F)cc1. The fourth-order valence-electron chi connectivity index (χ4n) is 2.97. The molecule has 19 heavy (non-hydrogen) atoms. The lowest BCUT2D eigenvalue weighted by Crippen LogP contribution is -2.25. The van der Waals surface area contributed by atoms with Crippen LogP contribution in [0, 0.1) is 5.82 Å². The molecule has 0 saturated carbocycles. The molecule has 0 saturated heterocycles. The minimum Gasteiger partial charge on any atom is -0.313 e. The second-order valence-electron chi connectivity index (χ2n) is 5.23. The Bertz CT molecular complexity index is 562. The highest BCUT2D eigenvalue weighted by atomic mass is 19.1. The number of nitrogens with one attached hydrogen (secondary N) is 1. The van der Waals surface area contributed by atoms with Crippen LogP contribution in [0.4, 0.5) is 4.39 Å². The van der Waals surface area contributed by atoms with E-state index in [0.717, 1.165) is 18.4 Å². The third-order valence-corrected chi connectivity index (χ3v) is 4.10. The predicted octanol–water partition coefficient (Wildman–Crippen LogP) is 3.82. The highest BCUT2D eigenvalue weighted by molar-refractivity contribution is 5.40. The van der Waals surface area contributed by atoms with Crippen LogP contribution in [-0.2, 0) is 6.42 Å². The van der Waals surface area contributed by atoms with Gasteiger partial charge in [-0.3, -0.25) is 0 Å². The van der Waals surface area contributed by atoms with E-state index in [4.69, 9.17) is 0 Å². The molecular weight excluding hydrogens is 237 g/mol. The molecule has 1 aliphatic rings. The Morgan fingerprint density at radius 2 is 1.89 bits per heavy atom. The maximum Gasteiger partial charge on any atom is 0.123 e. The van der Waals surface area contributed by atoms with Crippen LogP contribution < -0.4 is 5.32 Å². The summed E-state index contributed by atoms with van der Waals surface area (Å²) in [5.74, 6) is 0.450. The minimum atomic E-state index is -0.174. The zero-order chi connectivity index (χ0) is 13.2. The topological polar surface area (TPSA) is 12.0 Å². The van der Waals surface area contributed by atoms with Crippen molar-refractivity contribution in [2.45, 2.75) is 24.8 Å². The monoisotopic (exact) mass is 255 g/mol. The summed E-state index contributed by atoms with van der Waals surface area (Å²) in [7, 11) is 1.97. The van der Waals surface area contributed by atoms with E-state index in [2.05, 4.69) is 29.6 Å². The lowest BCUT2D eigenvalue weighted by molar-refractivity contribution is 0.452. The van der Waals surface area contributed by atoms with Crippen LogP contribution in [0.5, 0.6) is 0 Å². The summed E-state index contributed by atoms with van der Waals surface area (Å²) in [5, 5.41) is 3.35. The fraction of sp³-hybridized carbons (Fsp3) is 0.294. The highest BCUT2D eigenvalue weighted by Gasteiger charge is 2.28. The van der Waals surface area contributed by atoms with Gasteiger partial charge in [-0.1, -0.05) is 36.4 Å². The summed E-state index contributed by atoms with van der Waals surface area (Å²) in [6.07, 6.45) is 2.23. The van der Waals surface area contributed by atoms with Crippen LogP contribution >= 0.6 is 0 Å². The Morgan fingerprint density at radius 3 is 2.58 bits per heavy atom. The van der Waals surface area contributed by atoms with Crippen molar-refractivity contribution in [1.82, 2.24) is 5.32 Å². The van der Waals surface area contributed by atoms with E-state index in [-0.39, 0.29) is 5.82 Å². The summed E-state index contributed by atoms with van der Waals surface area (Å²) in [6.45, 7) is 0. The van der Waals surface area contributed by atoms with E-state index >= 15 is 0 Å². The third-order valence-electron chi connectivity index (χ3n) is 4.10. The summed E-state index contributed by atoms with van der Waals surface area (Å²) in [6, 6.07) is 15.8. The quantitative estimate of drug-likeness (QED) is 0.876. The molecule has 1 aliphatic carbocycles. The predicted molar refractivity (Wildman–Crippen MR) is 75.7 cm³/mol. The van der Waals surface area contributed by atoms with Crippen molar-refractivity contribution in [1.29, 1.82) is 0 Å². The molecule has 2 heteroatoms. The number of hydrogen-bond acceptors (Lipinski definition) is 1. The summed E-state index contributed by atoms with van der Waals surface area (Å²) < 4.78 is 13.0. The summed E-state index contributed by atoms with van der Waals surface area (Å²) >= 11 is 0. The Kier molecular flexibility index (Phi) is 3.34. The minimum absolute atomic E-state index is 0.174. The fourth-order valence-corrected chi connectivity index (χ4v) is 2.97. The molecule has 2 unspecified atom stereocenters. The van der Waals surface area contributed by atoms with Gasteiger partial charge in [0.1, 0.15) is 5.82 Å². The van der Waals surface area contributed by atoms with Crippen LogP contribution in [0.1, 0.15) is 35.1 Å². The summed E-state index contributed by atoms with van der Waals surface area (Å²) in [5.41, 5.74) is 4.11. The first-order valence-electron chi connectivity index (χ1n) is 6.78. The van der Waals surface area contributed by atoms with Gasteiger partial charge < -0.3 is 5.32 Å². The van der Waals surface area contributed by atoms with Crippen LogP contribution in [-0.4, -0.2) is 7.05 Å². The van der Waals surface area contributed by atoms with Crippen molar-refractivity contribution in [2.75, 3.05) is 7.05 Å². The van der Waals surface area contributed by atoms with Crippen molar-refractivity contribution < 1.29 is 4.39 Å². The second-order valence-corrected chi connectivity index (χ2v) is 5.23. The first kappa shape index (κ1) is 12.4. The molecule has 0 amide bonds. The van der Waals surface area contributed by atoms with Gasteiger partial charge in [-0.05, 0) is 54.6 Å². The van der Waals surface area contributed by atoms with Gasteiger partial charge in [-0.15, -0.1) is 0 Å². The molecule has 3 rings (SSSR count). The van der Waals surface area contributed by atoms with Gasteiger partial charge in [-0.25, -0.2) is 4.39 Å². The van der Waals surface area contributed by atoms with E-state index in [1.54, 1.807) is 0 Å². The lowest BCUT2D eigenvalue weighted by Gasteiger charge is -2.33. The molecule has 2 aromatic rings. The van der Waals surface area contributed by atoms with Crippen LogP contribution in [0.2, 0.25) is 0 Å². The lowest BCUT2D eigenvalue weighted by atomic mass is 9.74. The van der Waals surface area contributed by atoms with Gasteiger partial charge in [0, 0.05) is 6.04 Å². The Labute approximate surface area is 113 Å². The number of halogens is 1. The maximum absolute atomic E-state index is 13.0. The van der Waals surface area contributed by atoms with Gasteiger partial charge in [0.2, 0.25) is 0 Å². The first-order valence-corrected chi connectivity index (χ1v) is 6.78. The molecule has 0 fully saturated rings. The average molecular weight is 255 g/mol. The molecule has 0 aliphatic heterocycles. The van der Waals surface area contributed by atoms with Crippen LogP contribution in [0.25, 0.3) is 0 Å². The van der Waals surface area contributed by atoms with Gasteiger partial charge in [0.25, 0.3) is 0 Å². The third kappa shape index (κ3) is 2.41. The molecule has 0 radical (unpaired) electrons. The first-order chi connectivity index (χ1) is 9.28. The van der Waals surface area contributed by atoms with Crippen molar-refractivity contribution >= 4 is 0 Å². The normalized spacial score (nSPS) is 18.5. The largest absolute Gasteiger partial charge is 0.313 e. The average Bonchev–Trinajstić information content (AvgIpc) is 2.42. The Hall–Kier alpha value is -1.67. The molecule has 2 aromatic carbocycles. The molecule has 2 atom stereocenters. The molecular formula is C17H18FN. The molecule has 98 valence electrons. The van der Waals surface area contributed by atoms with Crippen molar-refractivity contribution in [3.63, 3.8) is 0 Å². The van der Waals surface area contributed by atoms with E-state index in [0.29, 0.717) is 12.0 Å². The second kappa shape index (κ2) is 5.14. The number of hydrogen-bond donors (Lipinski definition) is 1. The van der Waals surface area contributed by atoms with Gasteiger partial charge in [0.05, 0.1) is 0 Å². The van der Waals surface area contributed by atoms with E-state index in [1.165, 1.54) is 23.3 Å². The Balaban J connectivity index is 1.73. The molecule has 0 heterocycles. The highest BCUT2D eigenvalue weighted by Crippen LogP contribution is 2.40. The van der Waals surface area contributed by atoms with Gasteiger partial charge in [0.15, 0.2) is 0 Å². The van der Waals surface area contributed by atoms with Crippen LogP contribution in [0.15, 0.2) is 48.5 Å².